The summed E-state index contributed by atoms with van der Waals surface area (Å²) in [6.45, 7) is 4.98. The molecule has 0 saturated carbocycles. The van der Waals surface area contributed by atoms with Crippen LogP contribution in [0.2, 0.25) is 0 Å². The predicted molar refractivity (Wildman–Crippen MR) is 67.9 cm³/mol. The van der Waals surface area contributed by atoms with Crippen LogP contribution in [0.1, 0.15) is 23.8 Å². The van der Waals surface area contributed by atoms with Crippen molar-refractivity contribution in [1.82, 2.24) is 9.88 Å². The average Bonchev–Trinajstić information content (AvgIpc) is 2.37. The van der Waals surface area contributed by atoms with Crippen molar-refractivity contribution in [2.45, 2.75) is 19.4 Å². The lowest BCUT2D eigenvalue weighted by Crippen LogP contribution is -2.40. The van der Waals surface area contributed by atoms with Crippen molar-refractivity contribution in [2.24, 2.45) is 5.73 Å². The lowest BCUT2D eigenvalue weighted by molar-refractivity contribution is -0.118. The third kappa shape index (κ3) is 3.51. The summed E-state index contributed by atoms with van der Waals surface area (Å²) in [4.78, 5) is 17.4. The van der Waals surface area contributed by atoms with E-state index in [0.29, 0.717) is 19.6 Å². The molecule has 0 radical (unpaired) electrons. The fourth-order valence-electron chi connectivity index (χ4n) is 2.02. The number of hydrogen-bond donors (Lipinski definition) is 1. The first-order valence-electron chi connectivity index (χ1n) is 6.20. The van der Waals surface area contributed by atoms with Crippen molar-refractivity contribution >= 4 is 5.91 Å². The molecule has 1 unspecified atom stereocenters. The van der Waals surface area contributed by atoms with Crippen molar-refractivity contribution in [3.05, 3.63) is 29.6 Å². The first-order chi connectivity index (χ1) is 8.65. The highest BCUT2D eigenvalue weighted by molar-refractivity contribution is 5.73. The number of carbonyl (C=O) groups is 1. The Labute approximate surface area is 107 Å². The molecule has 1 aliphatic rings. The zero-order chi connectivity index (χ0) is 13.0. The van der Waals surface area contributed by atoms with E-state index in [2.05, 4.69) is 9.88 Å². The van der Waals surface area contributed by atoms with Gasteiger partial charge in [0.25, 0.3) is 0 Å². The molecule has 1 atom stereocenters. The van der Waals surface area contributed by atoms with Crippen LogP contribution in [0.15, 0.2) is 18.3 Å². The molecule has 0 bridgehead atoms. The van der Waals surface area contributed by atoms with Crippen molar-refractivity contribution in [2.75, 3.05) is 26.2 Å². The highest BCUT2D eigenvalue weighted by Gasteiger charge is 2.22. The smallest absolute Gasteiger partial charge is 0.218 e. The molecule has 1 saturated heterocycles. The van der Waals surface area contributed by atoms with Gasteiger partial charge in [-0.2, -0.15) is 0 Å². The van der Waals surface area contributed by atoms with Gasteiger partial charge in [-0.15, -0.1) is 0 Å². The first kappa shape index (κ1) is 13.0. The van der Waals surface area contributed by atoms with E-state index in [4.69, 9.17) is 10.5 Å². The van der Waals surface area contributed by atoms with Gasteiger partial charge in [0, 0.05) is 32.3 Å². The van der Waals surface area contributed by atoms with Gasteiger partial charge in [0.05, 0.1) is 12.3 Å². The summed E-state index contributed by atoms with van der Waals surface area (Å²) in [5.41, 5.74) is 7.25. The Morgan fingerprint density at radius 2 is 2.44 bits per heavy atom. The number of amides is 1. The standard InChI is InChI=1S/C13H19N3O2/c1-10-2-3-11(15-8-10)12-9-16(6-7-18-12)5-4-13(14)17/h2-3,8,12H,4-7,9H2,1H3,(H2,14,17). The Morgan fingerprint density at radius 1 is 1.61 bits per heavy atom. The van der Waals surface area contributed by atoms with E-state index in [0.717, 1.165) is 24.3 Å². The zero-order valence-electron chi connectivity index (χ0n) is 10.6. The van der Waals surface area contributed by atoms with E-state index in [9.17, 15) is 4.79 Å². The molecule has 1 aliphatic heterocycles. The molecule has 18 heavy (non-hydrogen) atoms. The minimum atomic E-state index is -0.258. The van der Waals surface area contributed by atoms with E-state index in [1.807, 2.05) is 25.3 Å². The molecule has 1 fully saturated rings. The number of pyridine rings is 1. The summed E-state index contributed by atoms with van der Waals surface area (Å²) >= 11 is 0. The van der Waals surface area contributed by atoms with Crippen molar-refractivity contribution in [1.29, 1.82) is 0 Å². The number of primary amides is 1. The number of aromatic nitrogens is 1. The molecule has 0 aliphatic carbocycles. The molecule has 2 N–H and O–H groups in total. The van der Waals surface area contributed by atoms with E-state index in [1.165, 1.54) is 0 Å². The number of nitrogens with two attached hydrogens (primary N) is 1. The van der Waals surface area contributed by atoms with Crippen LogP contribution in [0.25, 0.3) is 0 Å². The van der Waals surface area contributed by atoms with Gasteiger partial charge >= 0.3 is 0 Å². The van der Waals surface area contributed by atoms with Gasteiger partial charge in [0.1, 0.15) is 6.10 Å². The SMILES string of the molecule is Cc1ccc(C2CN(CCC(N)=O)CCO2)nc1. The topological polar surface area (TPSA) is 68.5 Å². The zero-order valence-corrected chi connectivity index (χ0v) is 10.6. The van der Waals surface area contributed by atoms with Crippen LogP contribution in [0.5, 0.6) is 0 Å². The van der Waals surface area contributed by atoms with Crippen molar-refractivity contribution < 1.29 is 9.53 Å². The van der Waals surface area contributed by atoms with Gasteiger partial charge in [-0.25, -0.2) is 0 Å². The van der Waals surface area contributed by atoms with Gasteiger partial charge in [0.2, 0.25) is 5.91 Å². The quantitative estimate of drug-likeness (QED) is 0.850. The molecule has 0 aromatic carbocycles. The Morgan fingerprint density at radius 3 is 3.11 bits per heavy atom. The second kappa shape index (κ2) is 5.93. The van der Waals surface area contributed by atoms with Gasteiger partial charge in [0.15, 0.2) is 0 Å². The number of hydrogen-bond acceptors (Lipinski definition) is 4. The van der Waals surface area contributed by atoms with E-state index in [-0.39, 0.29) is 12.0 Å². The molecule has 98 valence electrons. The van der Waals surface area contributed by atoms with Crippen LogP contribution in [0.4, 0.5) is 0 Å². The lowest BCUT2D eigenvalue weighted by atomic mass is 10.1. The summed E-state index contributed by atoms with van der Waals surface area (Å²) in [7, 11) is 0. The van der Waals surface area contributed by atoms with Gasteiger partial charge < -0.3 is 10.5 Å². The molecule has 5 nitrogen and oxygen atoms in total. The number of ether oxygens (including phenoxy) is 1. The second-order valence-corrected chi connectivity index (χ2v) is 4.64. The summed E-state index contributed by atoms with van der Waals surface area (Å²) in [6, 6.07) is 4.03. The number of carbonyl (C=O) groups excluding carboxylic acids is 1. The summed E-state index contributed by atoms with van der Waals surface area (Å²) in [5, 5.41) is 0. The molecular weight excluding hydrogens is 230 g/mol. The van der Waals surface area contributed by atoms with Gasteiger partial charge in [-0.05, 0) is 18.6 Å². The van der Waals surface area contributed by atoms with Crippen LogP contribution in [0, 0.1) is 6.92 Å². The Bertz CT molecular complexity index is 405. The van der Waals surface area contributed by atoms with E-state index < -0.39 is 0 Å². The Balaban J connectivity index is 1.93. The summed E-state index contributed by atoms with van der Waals surface area (Å²) < 4.78 is 5.72. The Hall–Kier alpha value is -1.46. The van der Waals surface area contributed by atoms with E-state index >= 15 is 0 Å². The lowest BCUT2D eigenvalue weighted by Gasteiger charge is -2.32. The second-order valence-electron chi connectivity index (χ2n) is 4.64. The molecule has 5 heteroatoms. The maximum Gasteiger partial charge on any atom is 0.218 e. The third-order valence-corrected chi connectivity index (χ3v) is 3.09. The fraction of sp³-hybridized carbons (Fsp3) is 0.538. The van der Waals surface area contributed by atoms with E-state index in [1.54, 1.807) is 0 Å². The summed E-state index contributed by atoms with van der Waals surface area (Å²) in [5.74, 6) is -0.258. The minimum absolute atomic E-state index is 0.00720. The molecule has 0 spiro atoms. The maximum atomic E-state index is 10.8. The normalized spacial score (nSPS) is 20.8. The molecule has 2 rings (SSSR count). The first-order valence-corrected chi connectivity index (χ1v) is 6.20. The van der Waals surface area contributed by atoms with Crippen LogP contribution in [-0.4, -0.2) is 42.0 Å². The van der Waals surface area contributed by atoms with Crippen LogP contribution in [-0.2, 0) is 9.53 Å². The van der Waals surface area contributed by atoms with Gasteiger partial charge in [-0.3, -0.25) is 14.7 Å². The highest BCUT2D eigenvalue weighted by atomic mass is 16.5. The largest absolute Gasteiger partial charge is 0.370 e. The van der Waals surface area contributed by atoms with Crippen LogP contribution in [0.3, 0.4) is 0 Å². The number of morpholine rings is 1. The van der Waals surface area contributed by atoms with Crippen LogP contribution < -0.4 is 5.73 Å². The molecule has 1 aromatic rings. The average molecular weight is 249 g/mol. The monoisotopic (exact) mass is 249 g/mol. The molecule has 2 heterocycles. The molecule has 1 amide bonds. The summed E-state index contributed by atoms with van der Waals surface area (Å²) in [6.07, 6.45) is 2.24. The Kier molecular flexibility index (Phi) is 4.28. The molecule has 1 aromatic heterocycles. The third-order valence-electron chi connectivity index (χ3n) is 3.09. The van der Waals surface area contributed by atoms with Crippen molar-refractivity contribution in [3.8, 4) is 0 Å². The van der Waals surface area contributed by atoms with Gasteiger partial charge in [-0.1, -0.05) is 6.07 Å². The fourth-order valence-corrected chi connectivity index (χ4v) is 2.02. The highest BCUT2D eigenvalue weighted by Crippen LogP contribution is 2.20. The predicted octanol–water partition coefficient (Wildman–Crippen LogP) is 0.639. The number of aryl methyl sites for hydroxylation is 1. The van der Waals surface area contributed by atoms with Crippen LogP contribution >= 0.6 is 0 Å². The number of nitrogens with zero attached hydrogens (tertiary/aromatic N) is 2. The maximum absolute atomic E-state index is 10.8. The van der Waals surface area contributed by atoms with Crippen molar-refractivity contribution in [3.63, 3.8) is 0 Å². The number of rotatable bonds is 4. The minimum Gasteiger partial charge on any atom is -0.370 e. The molecular formula is C13H19N3O2.